The minimum absolute atomic E-state index is 0.0771. The summed E-state index contributed by atoms with van der Waals surface area (Å²) in [5, 5.41) is 15.9. The molecule has 0 atom stereocenters. The van der Waals surface area contributed by atoms with E-state index < -0.39 is 16.0 Å². The number of aliphatic carboxylic acids is 1. The molecule has 0 aliphatic carbocycles. The number of aromatic nitrogens is 3. The van der Waals surface area contributed by atoms with Crippen molar-refractivity contribution in [2.75, 3.05) is 4.72 Å². The first-order valence-corrected chi connectivity index (χ1v) is 7.96. The Morgan fingerprint density at radius 3 is 2.67 bits per heavy atom. The van der Waals surface area contributed by atoms with Gasteiger partial charge in [0.2, 0.25) is 5.03 Å². The Morgan fingerprint density at radius 2 is 2.10 bits per heavy atom. The molecule has 21 heavy (non-hydrogen) atoms. The summed E-state index contributed by atoms with van der Waals surface area (Å²) in [5.41, 5.74) is 0.563. The normalized spacial score (nSPS) is 11.3. The fourth-order valence-electron chi connectivity index (χ4n) is 1.74. The highest BCUT2D eigenvalue weighted by Crippen LogP contribution is 2.23. The maximum absolute atomic E-state index is 12.4. The lowest BCUT2D eigenvalue weighted by Gasteiger charge is -2.11. The van der Waals surface area contributed by atoms with E-state index in [-0.39, 0.29) is 21.7 Å². The molecule has 2 rings (SSSR count). The van der Waals surface area contributed by atoms with Gasteiger partial charge in [-0.05, 0) is 27.6 Å². The third-order valence-corrected chi connectivity index (χ3v) is 4.85. The number of sulfonamides is 1. The number of hydrogen-bond acceptors (Lipinski definition) is 5. The van der Waals surface area contributed by atoms with Crippen LogP contribution in [0.3, 0.4) is 0 Å². The van der Waals surface area contributed by atoms with Crippen molar-refractivity contribution < 1.29 is 18.3 Å². The van der Waals surface area contributed by atoms with Crippen LogP contribution in [0.5, 0.6) is 0 Å². The van der Waals surface area contributed by atoms with Gasteiger partial charge in [0.25, 0.3) is 10.0 Å². The molecule has 0 aliphatic rings. The summed E-state index contributed by atoms with van der Waals surface area (Å²) in [5.74, 6) is -1.05. The monoisotopic (exact) mass is 374 g/mol. The van der Waals surface area contributed by atoms with E-state index in [2.05, 4.69) is 31.0 Å². The van der Waals surface area contributed by atoms with E-state index in [1.165, 1.54) is 13.1 Å². The molecule has 8 nitrogen and oxygen atoms in total. The maximum Gasteiger partial charge on any atom is 0.307 e. The van der Waals surface area contributed by atoms with Gasteiger partial charge in [0.05, 0.1) is 12.1 Å². The number of carboxylic acid groups (broad SMARTS) is 1. The molecule has 112 valence electrons. The number of benzene rings is 1. The summed E-state index contributed by atoms with van der Waals surface area (Å²) >= 11 is 3.02. The lowest BCUT2D eigenvalue weighted by molar-refractivity contribution is -0.136. The Morgan fingerprint density at radius 1 is 1.43 bits per heavy atom. The number of nitrogens with zero attached hydrogens (tertiary/aromatic N) is 3. The van der Waals surface area contributed by atoms with Crippen LogP contribution in [0.2, 0.25) is 0 Å². The van der Waals surface area contributed by atoms with Crippen molar-refractivity contribution in [3.05, 3.63) is 34.4 Å². The number of aryl methyl sites for hydroxylation is 1. The second kappa shape index (κ2) is 5.82. The molecule has 0 bridgehead atoms. The molecule has 0 unspecified atom stereocenters. The molecule has 0 fully saturated rings. The molecular weight excluding hydrogens is 364 g/mol. The third-order valence-electron chi connectivity index (χ3n) is 2.59. The molecule has 0 aliphatic heterocycles. The van der Waals surface area contributed by atoms with Gasteiger partial charge in [-0.1, -0.05) is 23.4 Å². The minimum atomic E-state index is -3.94. The molecule has 0 saturated heterocycles. The second-order valence-corrected chi connectivity index (χ2v) is 6.49. The van der Waals surface area contributed by atoms with Gasteiger partial charge < -0.3 is 5.11 Å². The molecular formula is C11H11BrN4O4S. The van der Waals surface area contributed by atoms with Crippen molar-refractivity contribution in [3.63, 3.8) is 0 Å². The van der Waals surface area contributed by atoms with Crippen LogP contribution in [-0.4, -0.2) is 34.5 Å². The van der Waals surface area contributed by atoms with E-state index in [4.69, 9.17) is 5.11 Å². The molecule has 1 heterocycles. The zero-order valence-electron chi connectivity index (χ0n) is 10.8. The van der Waals surface area contributed by atoms with Gasteiger partial charge in [-0.25, -0.2) is 4.68 Å². The molecule has 2 aromatic rings. The van der Waals surface area contributed by atoms with E-state index in [0.717, 1.165) is 4.68 Å². The van der Waals surface area contributed by atoms with Crippen LogP contribution in [0.4, 0.5) is 5.69 Å². The van der Waals surface area contributed by atoms with E-state index in [0.29, 0.717) is 5.56 Å². The van der Waals surface area contributed by atoms with Gasteiger partial charge in [-0.2, -0.15) is 8.42 Å². The fourth-order valence-corrected chi connectivity index (χ4v) is 3.94. The van der Waals surface area contributed by atoms with Gasteiger partial charge >= 0.3 is 5.97 Å². The van der Waals surface area contributed by atoms with Gasteiger partial charge in [0, 0.05) is 7.05 Å². The topological polar surface area (TPSA) is 114 Å². The maximum atomic E-state index is 12.4. The summed E-state index contributed by atoms with van der Waals surface area (Å²) in [6.07, 6.45) is -0.288. The number of hydrogen-bond donors (Lipinski definition) is 2. The van der Waals surface area contributed by atoms with Crippen LogP contribution < -0.4 is 4.72 Å². The summed E-state index contributed by atoms with van der Waals surface area (Å²) in [7, 11) is -2.50. The number of halogens is 1. The van der Waals surface area contributed by atoms with E-state index >= 15 is 0 Å². The van der Waals surface area contributed by atoms with Crippen LogP contribution in [0.25, 0.3) is 0 Å². The van der Waals surface area contributed by atoms with Gasteiger partial charge in [-0.15, -0.1) is 5.10 Å². The highest BCUT2D eigenvalue weighted by molar-refractivity contribution is 9.10. The highest BCUT2D eigenvalue weighted by Gasteiger charge is 2.24. The zero-order chi connectivity index (χ0) is 15.6. The number of carbonyl (C=O) groups is 1. The van der Waals surface area contributed by atoms with Gasteiger partial charge in [0.1, 0.15) is 0 Å². The summed E-state index contributed by atoms with van der Waals surface area (Å²) < 4.78 is 28.2. The zero-order valence-corrected chi connectivity index (χ0v) is 13.2. The first-order chi connectivity index (χ1) is 9.81. The SMILES string of the molecule is Cn1nnc(Br)c1S(=O)(=O)Nc1ccccc1CC(=O)O. The predicted octanol–water partition coefficient (Wildman–Crippen LogP) is 1.01. The Hall–Kier alpha value is -1.94. The summed E-state index contributed by atoms with van der Waals surface area (Å²) in [4.78, 5) is 10.8. The first-order valence-electron chi connectivity index (χ1n) is 5.69. The van der Waals surface area contributed by atoms with Gasteiger partial charge in [-0.3, -0.25) is 9.52 Å². The molecule has 0 amide bonds. The summed E-state index contributed by atoms with van der Waals surface area (Å²) in [6, 6.07) is 6.29. The average molecular weight is 375 g/mol. The van der Waals surface area contributed by atoms with E-state index in [1.54, 1.807) is 18.2 Å². The van der Waals surface area contributed by atoms with Crippen LogP contribution >= 0.6 is 15.9 Å². The number of rotatable bonds is 5. The van der Waals surface area contributed by atoms with Crippen molar-refractivity contribution in [1.29, 1.82) is 0 Å². The Balaban J connectivity index is 2.40. The van der Waals surface area contributed by atoms with E-state index in [9.17, 15) is 13.2 Å². The van der Waals surface area contributed by atoms with Crippen molar-refractivity contribution in [2.24, 2.45) is 7.05 Å². The molecule has 0 spiro atoms. The average Bonchev–Trinajstić information content (AvgIpc) is 2.71. The molecule has 0 saturated carbocycles. The molecule has 0 radical (unpaired) electrons. The highest BCUT2D eigenvalue weighted by atomic mass is 79.9. The van der Waals surface area contributed by atoms with E-state index in [1.807, 2.05) is 0 Å². The number of carboxylic acids is 1. The number of para-hydroxylation sites is 1. The van der Waals surface area contributed by atoms with Crippen LogP contribution in [-0.2, 0) is 28.3 Å². The predicted molar refractivity (Wildman–Crippen MR) is 77.3 cm³/mol. The smallest absolute Gasteiger partial charge is 0.307 e. The third kappa shape index (κ3) is 3.39. The van der Waals surface area contributed by atoms with Crippen molar-refractivity contribution in [2.45, 2.75) is 11.4 Å². The van der Waals surface area contributed by atoms with Gasteiger partial charge in [0.15, 0.2) is 4.60 Å². The Kier molecular flexibility index (Phi) is 4.28. The largest absolute Gasteiger partial charge is 0.481 e. The number of anilines is 1. The molecule has 1 aromatic carbocycles. The lowest BCUT2D eigenvalue weighted by atomic mass is 10.1. The van der Waals surface area contributed by atoms with Crippen LogP contribution in [0.1, 0.15) is 5.56 Å². The molecule has 10 heteroatoms. The van der Waals surface area contributed by atoms with Crippen molar-refractivity contribution >= 4 is 37.6 Å². The van der Waals surface area contributed by atoms with Crippen molar-refractivity contribution in [3.8, 4) is 0 Å². The lowest BCUT2D eigenvalue weighted by Crippen LogP contribution is -2.18. The second-order valence-electron chi connectivity index (χ2n) is 4.14. The quantitative estimate of drug-likeness (QED) is 0.806. The van der Waals surface area contributed by atoms with Crippen molar-refractivity contribution in [1.82, 2.24) is 15.0 Å². The molecule has 1 aromatic heterocycles. The minimum Gasteiger partial charge on any atom is -0.481 e. The number of nitrogens with one attached hydrogen (secondary N) is 1. The first kappa shape index (κ1) is 15.4. The van der Waals surface area contributed by atoms with Crippen LogP contribution in [0, 0.1) is 0 Å². The Labute approximate surface area is 129 Å². The fraction of sp³-hybridized carbons (Fsp3) is 0.182. The summed E-state index contributed by atoms with van der Waals surface area (Å²) in [6.45, 7) is 0. The Bertz CT molecular complexity index is 768. The van der Waals surface area contributed by atoms with Crippen LogP contribution in [0.15, 0.2) is 33.9 Å². The molecule has 2 N–H and O–H groups in total. The standard InChI is InChI=1S/C11H11BrN4O4S/c1-16-11(10(12)13-15-16)21(19,20)14-8-5-3-2-4-7(8)6-9(17)18/h2-5,14H,6H2,1H3,(H,17,18).